The first-order valence-corrected chi connectivity index (χ1v) is 6.78. The van der Waals surface area contributed by atoms with E-state index in [4.69, 9.17) is 15.6 Å². The van der Waals surface area contributed by atoms with Crippen LogP contribution in [0.15, 0.2) is 36.5 Å². The summed E-state index contributed by atoms with van der Waals surface area (Å²) in [5.74, 6) is 0.202. The largest absolute Gasteiger partial charge is 0.478 e. The number of ether oxygens (including phenoxy) is 1. The van der Waals surface area contributed by atoms with E-state index in [2.05, 4.69) is 18.8 Å². The van der Waals surface area contributed by atoms with Crippen LogP contribution < -0.4 is 10.5 Å². The number of nitrogens with two attached hydrogens (primary N) is 1. The van der Waals surface area contributed by atoms with Crippen LogP contribution in [0.3, 0.4) is 0 Å². The molecule has 3 N–H and O–H groups in total. The van der Waals surface area contributed by atoms with Gasteiger partial charge in [-0.2, -0.15) is 0 Å². The highest BCUT2D eigenvalue weighted by Gasteiger charge is 2.11. The van der Waals surface area contributed by atoms with E-state index in [1.165, 1.54) is 17.8 Å². The summed E-state index contributed by atoms with van der Waals surface area (Å²) in [6.45, 7) is 4.30. The Morgan fingerprint density at radius 2 is 2.05 bits per heavy atom. The summed E-state index contributed by atoms with van der Waals surface area (Å²) in [5.41, 5.74) is 6.89. The number of benzene rings is 1. The van der Waals surface area contributed by atoms with E-state index in [-0.39, 0.29) is 17.1 Å². The first-order chi connectivity index (χ1) is 10.0. The third-order valence-corrected chi connectivity index (χ3v) is 3.42. The van der Waals surface area contributed by atoms with Gasteiger partial charge in [0.05, 0.1) is 17.4 Å². The van der Waals surface area contributed by atoms with E-state index in [1.807, 2.05) is 24.3 Å². The lowest BCUT2D eigenvalue weighted by atomic mass is 9.99. The second-order valence-electron chi connectivity index (χ2n) is 4.90. The lowest BCUT2D eigenvalue weighted by molar-refractivity contribution is 0.0697. The van der Waals surface area contributed by atoms with Crippen LogP contribution in [0.2, 0.25) is 0 Å². The number of aromatic carboxylic acids is 1. The zero-order chi connectivity index (χ0) is 15.4. The van der Waals surface area contributed by atoms with Gasteiger partial charge in [-0.15, -0.1) is 0 Å². The second-order valence-corrected chi connectivity index (χ2v) is 4.90. The van der Waals surface area contributed by atoms with Gasteiger partial charge in [0, 0.05) is 6.07 Å². The average Bonchev–Trinajstić information content (AvgIpc) is 2.49. The van der Waals surface area contributed by atoms with Crippen LogP contribution in [0.5, 0.6) is 11.6 Å². The lowest BCUT2D eigenvalue weighted by Crippen LogP contribution is -2.03. The fourth-order valence-corrected chi connectivity index (χ4v) is 1.91. The fraction of sp³-hybridized carbons (Fsp3) is 0.250. The number of carboxylic acids is 1. The number of nitrogens with zero attached hydrogens (tertiary/aromatic N) is 1. The molecule has 2 rings (SSSR count). The van der Waals surface area contributed by atoms with E-state index >= 15 is 0 Å². The Morgan fingerprint density at radius 3 is 2.62 bits per heavy atom. The Kier molecular flexibility index (Phi) is 4.42. The van der Waals surface area contributed by atoms with Crippen molar-refractivity contribution in [3.8, 4) is 11.6 Å². The van der Waals surface area contributed by atoms with Crippen molar-refractivity contribution in [3.05, 3.63) is 47.7 Å². The minimum Gasteiger partial charge on any atom is -0.478 e. The summed E-state index contributed by atoms with van der Waals surface area (Å²) in [6, 6.07) is 9.01. The molecular formula is C16H18N2O3. The van der Waals surface area contributed by atoms with Gasteiger partial charge < -0.3 is 15.6 Å². The first kappa shape index (κ1) is 14.8. The molecule has 110 valence electrons. The van der Waals surface area contributed by atoms with Gasteiger partial charge in [0.1, 0.15) is 5.75 Å². The van der Waals surface area contributed by atoms with Crippen LogP contribution in [0.1, 0.15) is 42.1 Å². The predicted molar refractivity (Wildman–Crippen MR) is 80.8 cm³/mol. The number of nitrogen functional groups attached to an aromatic ring is 1. The van der Waals surface area contributed by atoms with Gasteiger partial charge in [-0.3, -0.25) is 0 Å². The number of hydrogen-bond donors (Lipinski definition) is 2. The summed E-state index contributed by atoms with van der Waals surface area (Å²) in [7, 11) is 0. The number of carboxylic acid groups (broad SMARTS) is 1. The molecule has 1 aromatic heterocycles. The van der Waals surface area contributed by atoms with Crippen LogP contribution >= 0.6 is 0 Å². The van der Waals surface area contributed by atoms with Gasteiger partial charge in [-0.1, -0.05) is 26.0 Å². The van der Waals surface area contributed by atoms with Crippen LogP contribution in [0.25, 0.3) is 0 Å². The van der Waals surface area contributed by atoms with Crippen LogP contribution in [-0.4, -0.2) is 16.1 Å². The highest BCUT2D eigenvalue weighted by molar-refractivity contribution is 5.93. The quantitative estimate of drug-likeness (QED) is 0.876. The molecule has 0 bridgehead atoms. The molecule has 1 atom stereocenters. The van der Waals surface area contributed by atoms with Crippen LogP contribution in [0.4, 0.5) is 5.69 Å². The molecule has 0 aliphatic heterocycles. The van der Waals surface area contributed by atoms with Gasteiger partial charge in [0.25, 0.3) is 0 Å². The molecule has 5 nitrogen and oxygen atoms in total. The Bertz CT molecular complexity index is 638. The molecule has 0 fully saturated rings. The molecule has 0 saturated carbocycles. The molecule has 0 spiro atoms. The fourth-order valence-electron chi connectivity index (χ4n) is 1.91. The third kappa shape index (κ3) is 3.51. The second kappa shape index (κ2) is 6.26. The topological polar surface area (TPSA) is 85.4 Å². The summed E-state index contributed by atoms with van der Waals surface area (Å²) >= 11 is 0. The van der Waals surface area contributed by atoms with Crippen molar-refractivity contribution in [2.75, 3.05) is 5.73 Å². The van der Waals surface area contributed by atoms with Crippen molar-refractivity contribution in [1.82, 2.24) is 4.98 Å². The lowest BCUT2D eigenvalue weighted by Gasteiger charge is -2.10. The Hall–Kier alpha value is -2.56. The predicted octanol–water partition coefficient (Wildman–Crippen LogP) is 3.67. The van der Waals surface area contributed by atoms with Crippen molar-refractivity contribution < 1.29 is 14.6 Å². The maximum atomic E-state index is 11.0. The number of anilines is 1. The Balaban J connectivity index is 2.18. The van der Waals surface area contributed by atoms with Crippen molar-refractivity contribution in [1.29, 1.82) is 0 Å². The molecule has 21 heavy (non-hydrogen) atoms. The van der Waals surface area contributed by atoms with E-state index in [0.29, 0.717) is 11.7 Å². The monoisotopic (exact) mass is 286 g/mol. The molecule has 0 aliphatic carbocycles. The van der Waals surface area contributed by atoms with Gasteiger partial charge >= 0.3 is 5.97 Å². The molecule has 0 saturated heterocycles. The molecule has 0 radical (unpaired) electrons. The maximum absolute atomic E-state index is 11.0. The average molecular weight is 286 g/mol. The van der Waals surface area contributed by atoms with Gasteiger partial charge in [0.2, 0.25) is 5.88 Å². The summed E-state index contributed by atoms with van der Waals surface area (Å²) in [5, 5.41) is 9.02. The van der Waals surface area contributed by atoms with E-state index in [0.717, 1.165) is 6.42 Å². The zero-order valence-corrected chi connectivity index (χ0v) is 12.0. The van der Waals surface area contributed by atoms with Gasteiger partial charge in [0.15, 0.2) is 0 Å². The number of rotatable bonds is 5. The standard InChI is InChI=1S/C16H18N2O3/c1-3-10(2)11-4-6-12(7-5-11)21-15-8-13(16(19)20)14(17)9-18-15/h4-10H,3,17H2,1-2H3,(H,19,20). The number of aromatic nitrogens is 1. The number of hydrogen-bond acceptors (Lipinski definition) is 4. The minimum atomic E-state index is -1.10. The van der Waals surface area contributed by atoms with Crippen molar-refractivity contribution in [2.24, 2.45) is 0 Å². The van der Waals surface area contributed by atoms with E-state index in [9.17, 15) is 4.79 Å². The molecule has 0 amide bonds. The molecular weight excluding hydrogens is 268 g/mol. The van der Waals surface area contributed by atoms with E-state index in [1.54, 1.807) is 0 Å². The Labute approximate surface area is 123 Å². The smallest absolute Gasteiger partial charge is 0.338 e. The highest BCUT2D eigenvalue weighted by Crippen LogP contribution is 2.25. The van der Waals surface area contributed by atoms with Crippen molar-refractivity contribution in [3.63, 3.8) is 0 Å². The summed E-state index contributed by atoms with van der Waals surface area (Å²) < 4.78 is 5.56. The molecule has 1 unspecified atom stereocenters. The Morgan fingerprint density at radius 1 is 1.38 bits per heavy atom. The van der Waals surface area contributed by atoms with Gasteiger partial charge in [-0.25, -0.2) is 9.78 Å². The summed E-state index contributed by atoms with van der Waals surface area (Å²) in [4.78, 5) is 15.0. The molecule has 0 aliphatic rings. The highest BCUT2D eigenvalue weighted by atomic mass is 16.5. The summed E-state index contributed by atoms with van der Waals surface area (Å²) in [6.07, 6.45) is 2.36. The van der Waals surface area contributed by atoms with Crippen LogP contribution in [-0.2, 0) is 0 Å². The number of carbonyl (C=O) groups is 1. The normalized spacial score (nSPS) is 11.9. The van der Waals surface area contributed by atoms with Crippen molar-refractivity contribution in [2.45, 2.75) is 26.2 Å². The molecule has 1 aromatic carbocycles. The van der Waals surface area contributed by atoms with E-state index < -0.39 is 5.97 Å². The third-order valence-electron chi connectivity index (χ3n) is 3.42. The van der Waals surface area contributed by atoms with Crippen LogP contribution in [0, 0.1) is 0 Å². The SMILES string of the molecule is CCC(C)c1ccc(Oc2cc(C(=O)O)c(N)cn2)cc1. The minimum absolute atomic E-state index is 0.0174. The maximum Gasteiger partial charge on any atom is 0.338 e. The zero-order valence-electron chi connectivity index (χ0n) is 12.0. The number of pyridine rings is 1. The molecule has 1 heterocycles. The van der Waals surface area contributed by atoms with Gasteiger partial charge in [-0.05, 0) is 30.0 Å². The molecule has 5 heteroatoms. The molecule has 2 aromatic rings. The first-order valence-electron chi connectivity index (χ1n) is 6.78. The van der Waals surface area contributed by atoms with Crippen molar-refractivity contribution >= 4 is 11.7 Å².